The highest BCUT2D eigenvalue weighted by molar-refractivity contribution is 6.30. The average Bonchev–Trinajstić information content (AvgIpc) is 3.16. The normalized spacial score (nSPS) is 17.0. The Balaban J connectivity index is 1.58. The molecule has 2 heterocycles. The predicted molar refractivity (Wildman–Crippen MR) is 118 cm³/mol. The molecule has 0 aliphatic carbocycles. The lowest BCUT2D eigenvalue weighted by molar-refractivity contribution is 0.101. The van der Waals surface area contributed by atoms with E-state index in [9.17, 15) is 9.90 Å². The minimum Gasteiger partial charge on any atom is -0.386 e. The van der Waals surface area contributed by atoms with E-state index in [1.54, 1.807) is 24.3 Å². The molecule has 1 aliphatic heterocycles. The third-order valence-corrected chi connectivity index (χ3v) is 6.24. The number of benzene rings is 2. The Labute approximate surface area is 181 Å². The molecule has 0 amide bonds. The van der Waals surface area contributed by atoms with E-state index >= 15 is 0 Å². The van der Waals surface area contributed by atoms with Crippen molar-refractivity contribution in [2.45, 2.75) is 44.2 Å². The monoisotopic (exact) mass is 426 g/mol. The van der Waals surface area contributed by atoms with E-state index in [-0.39, 0.29) is 5.69 Å². The number of piperidine rings is 1. The van der Waals surface area contributed by atoms with Crippen LogP contribution in [0.4, 0.5) is 0 Å². The lowest BCUT2D eigenvalue weighted by Gasteiger charge is -2.23. The van der Waals surface area contributed by atoms with Gasteiger partial charge in [-0.1, -0.05) is 42.8 Å². The van der Waals surface area contributed by atoms with Gasteiger partial charge in [-0.15, -0.1) is 0 Å². The van der Waals surface area contributed by atoms with Gasteiger partial charge in [-0.2, -0.15) is 5.10 Å². The molecule has 0 saturated carbocycles. The molecule has 6 nitrogen and oxygen atoms in total. The van der Waals surface area contributed by atoms with Crippen molar-refractivity contribution in [1.29, 1.82) is 0 Å². The smallest absolute Gasteiger partial charge is 0.350 e. The summed E-state index contributed by atoms with van der Waals surface area (Å²) < 4.78 is 2.91. The second-order valence-corrected chi connectivity index (χ2v) is 8.25. The molecule has 1 fully saturated rings. The lowest BCUT2D eigenvalue weighted by atomic mass is 9.90. The van der Waals surface area contributed by atoms with Crippen molar-refractivity contribution in [2.75, 3.05) is 13.1 Å². The molecule has 1 saturated heterocycles. The highest BCUT2D eigenvalue weighted by atomic mass is 35.5. The molecule has 3 aromatic rings. The van der Waals surface area contributed by atoms with Gasteiger partial charge in [0.25, 0.3) is 0 Å². The molecular weight excluding hydrogens is 400 g/mol. The number of hydrogen-bond donors (Lipinski definition) is 2. The first-order valence-corrected chi connectivity index (χ1v) is 10.9. The van der Waals surface area contributed by atoms with Gasteiger partial charge in [-0.05, 0) is 73.7 Å². The van der Waals surface area contributed by atoms with Crippen LogP contribution in [0.2, 0.25) is 5.02 Å². The highest BCUT2D eigenvalue weighted by Crippen LogP contribution is 2.29. The fraction of sp³-hybridized carbons (Fsp3) is 0.391. The standard InChI is InChI=1S/C23H27ClN4O2/c1-2-21(22(29)18-3-7-19(24)8-4-18)28-23(30)27(15-26-28)20-9-5-16(6-10-20)17-11-13-25-14-12-17/h3-10,15,17,21-22,25,29H,2,11-14H2,1H3. The number of halogens is 1. The Kier molecular flexibility index (Phi) is 6.37. The molecule has 7 heteroatoms. The Morgan fingerprint density at radius 1 is 1.13 bits per heavy atom. The molecule has 30 heavy (non-hydrogen) atoms. The zero-order valence-electron chi connectivity index (χ0n) is 17.0. The number of aliphatic hydroxyl groups excluding tert-OH is 1. The summed E-state index contributed by atoms with van der Waals surface area (Å²) in [5.74, 6) is 0.568. The maximum absolute atomic E-state index is 13.1. The molecule has 2 unspecified atom stereocenters. The van der Waals surface area contributed by atoms with Crippen LogP contribution in [0.3, 0.4) is 0 Å². The summed E-state index contributed by atoms with van der Waals surface area (Å²) in [5.41, 5.74) is 2.54. The number of aromatic nitrogens is 3. The van der Waals surface area contributed by atoms with E-state index < -0.39 is 12.1 Å². The van der Waals surface area contributed by atoms with E-state index in [0.717, 1.165) is 31.6 Å². The molecular formula is C23H27ClN4O2. The number of nitrogens with one attached hydrogen (secondary N) is 1. The summed E-state index contributed by atoms with van der Waals surface area (Å²) in [5, 5.41) is 19.2. The number of rotatable bonds is 6. The first-order valence-electron chi connectivity index (χ1n) is 10.5. The van der Waals surface area contributed by atoms with Crippen LogP contribution in [0.15, 0.2) is 59.7 Å². The quantitative estimate of drug-likeness (QED) is 0.628. The average molecular weight is 427 g/mol. The van der Waals surface area contributed by atoms with Gasteiger partial charge >= 0.3 is 5.69 Å². The second kappa shape index (κ2) is 9.16. The summed E-state index contributed by atoms with van der Waals surface area (Å²) in [4.78, 5) is 13.1. The van der Waals surface area contributed by atoms with Crippen molar-refractivity contribution >= 4 is 11.6 Å². The Morgan fingerprint density at radius 2 is 1.80 bits per heavy atom. The summed E-state index contributed by atoms with van der Waals surface area (Å²) in [7, 11) is 0. The van der Waals surface area contributed by atoms with Crippen LogP contribution in [0.25, 0.3) is 5.69 Å². The number of nitrogens with zero attached hydrogens (tertiary/aromatic N) is 3. The van der Waals surface area contributed by atoms with Gasteiger partial charge < -0.3 is 10.4 Å². The molecule has 0 radical (unpaired) electrons. The first-order chi connectivity index (χ1) is 14.6. The van der Waals surface area contributed by atoms with Gasteiger partial charge in [0.2, 0.25) is 0 Å². The molecule has 0 spiro atoms. The molecule has 2 atom stereocenters. The van der Waals surface area contributed by atoms with Crippen LogP contribution in [0.5, 0.6) is 0 Å². The largest absolute Gasteiger partial charge is 0.386 e. The van der Waals surface area contributed by atoms with Crippen molar-refractivity contribution in [2.24, 2.45) is 0 Å². The minimum absolute atomic E-state index is 0.260. The first kappa shape index (κ1) is 20.8. The number of hydrogen-bond acceptors (Lipinski definition) is 4. The van der Waals surface area contributed by atoms with Crippen molar-refractivity contribution in [3.05, 3.63) is 81.5 Å². The maximum atomic E-state index is 13.1. The van der Waals surface area contributed by atoms with Gasteiger partial charge in [0.05, 0.1) is 11.7 Å². The fourth-order valence-electron chi connectivity index (χ4n) is 4.20. The second-order valence-electron chi connectivity index (χ2n) is 7.82. The highest BCUT2D eigenvalue weighted by Gasteiger charge is 2.25. The van der Waals surface area contributed by atoms with Crippen LogP contribution in [-0.2, 0) is 0 Å². The molecule has 0 bridgehead atoms. The molecule has 2 N–H and O–H groups in total. The van der Waals surface area contributed by atoms with Crippen LogP contribution in [0, 0.1) is 0 Å². The SMILES string of the molecule is CCC(C(O)c1ccc(Cl)cc1)n1ncn(-c2ccc(C3CCNCC3)cc2)c1=O. The Hall–Kier alpha value is -2.41. The van der Waals surface area contributed by atoms with Crippen molar-refractivity contribution < 1.29 is 5.11 Å². The van der Waals surface area contributed by atoms with Gasteiger partial charge in [0, 0.05) is 5.02 Å². The zero-order chi connectivity index (χ0) is 21.1. The van der Waals surface area contributed by atoms with E-state index in [0.29, 0.717) is 22.9 Å². The van der Waals surface area contributed by atoms with E-state index in [1.165, 1.54) is 21.1 Å². The van der Waals surface area contributed by atoms with Gasteiger partial charge in [0.15, 0.2) is 0 Å². The van der Waals surface area contributed by atoms with E-state index in [1.807, 2.05) is 19.1 Å². The minimum atomic E-state index is -0.851. The number of aliphatic hydroxyl groups is 1. The molecule has 1 aliphatic rings. The molecule has 158 valence electrons. The lowest BCUT2D eigenvalue weighted by Crippen LogP contribution is -2.30. The summed E-state index contributed by atoms with van der Waals surface area (Å²) >= 11 is 5.95. The van der Waals surface area contributed by atoms with E-state index in [4.69, 9.17) is 11.6 Å². The summed E-state index contributed by atoms with van der Waals surface area (Å²) in [6, 6.07) is 14.7. The van der Waals surface area contributed by atoms with Gasteiger partial charge in [-0.25, -0.2) is 14.0 Å². The molecule has 2 aromatic carbocycles. The van der Waals surface area contributed by atoms with Crippen molar-refractivity contribution in [3.63, 3.8) is 0 Å². The summed E-state index contributed by atoms with van der Waals surface area (Å²) in [6.07, 6.45) is 3.51. The van der Waals surface area contributed by atoms with Crippen LogP contribution in [-0.4, -0.2) is 32.5 Å². The maximum Gasteiger partial charge on any atom is 0.350 e. The zero-order valence-corrected chi connectivity index (χ0v) is 17.8. The Bertz CT molecular complexity index is 1020. The Morgan fingerprint density at radius 3 is 2.43 bits per heavy atom. The third-order valence-electron chi connectivity index (χ3n) is 5.98. The van der Waals surface area contributed by atoms with Gasteiger partial charge in [-0.3, -0.25) is 0 Å². The fourth-order valence-corrected chi connectivity index (χ4v) is 4.32. The topological polar surface area (TPSA) is 72.1 Å². The third kappa shape index (κ3) is 4.21. The van der Waals surface area contributed by atoms with Crippen molar-refractivity contribution in [1.82, 2.24) is 19.7 Å². The summed E-state index contributed by atoms with van der Waals surface area (Å²) in [6.45, 7) is 4.03. The van der Waals surface area contributed by atoms with Crippen molar-refractivity contribution in [3.8, 4) is 5.69 Å². The molecule has 4 rings (SSSR count). The predicted octanol–water partition coefficient (Wildman–Crippen LogP) is 3.84. The van der Waals surface area contributed by atoms with Crippen LogP contribution >= 0.6 is 11.6 Å². The molecule has 1 aromatic heterocycles. The van der Waals surface area contributed by atoms with Crippen LogP contribution < -0.4 is 11.0 Å². The van der Waals surface area contributed by atoms with Crippen LogP contribution in [0.1, 0.15) is 55.4 Å². The van der Waals surface area contributed by atoms with E-state index in [2.05, 4.69) is 22.5 Å². The van der Waals surface area contributed by atoms with Gasteiger partial charge in [0.1, 0.15) is 12.4 Å².